The molecule has 2 saturated heterocycles. The molecule has 2 amide bonds. The van der Waals surface area contributed by atoms with Gasteiger partial charge in [-0.1, -0.05) is 0 Å². The van der Waals surface area contributed by atoms with Gasteiger partial charge < -0.3 is 15.0 Å². The predicted molar refractivity (Wildman–Crippen MR) is 93.1 cm³/mol. The summed E-state index contributed by atoms with van der Waals surface area (Å²) >= 11 is 0. The Kier molecular flexibility index (Phi) is 5.19. The Morgan fingerprint density at radius 2 is 2.08 bits per heavy atom. The number of anilines is 1. The van der Waals surface area contributed by atoms with E-state index >= 15 is 0 Å². The Balaban J connectivity index is 1.69. The first-order valence-corrected chi connectivity index (χ1v) is 8.86. The highest BCUT2D eigenvalue weighted by atomic mass is 16.5. The van der Waals surface area contributed by atoms with E-state index in [0.29, 0.717) is 24.8 Å². The Labute approximate surface area is 143 Å². The second-order valence-corrected chi connectivity index (χ2v) is 6.92. The van der Waals surface area contributed by atoms with Gasteiger partial charge in [0.1, 0.15) is 0 Å². The summed E-state index contributed by atoms with van der Waals surface area (Å²) < 4.78 is 5.26. The SMILES string of the molecule is Cc1cc(C(=O)N2CCCCC2C)ccc1NC(=O)C1CCOC1. The van der Waals surface area contributed by atoms with Gasteiger partial charge in [-0.2, -0.15) is 0 Å². The van der Waals surface area contributed by atoms with Gasteiger partial charge in [-0.15, -0.1) is 0 Å². The molecule has 130 valence electrons. The van der Waals surface area contributed by atoms with E-state index < -0.39 is 0 Å². The van der Waals surface area contributed by atoms with E-state index in [0.717, 1.165) is 37.1 Å². The molecule has 2 aliphatic heterocycles. The smallest absolute Gasteiger partial charge is 0.254 e. The number of benzene rings is 1. The van der Waals surface area contributed by atoms with Crippen LogP contribution in [0.15, 0.2) is 18.2 Å². The van der Waals surface area contributed by atoms with E-state index in [1.165, 1.54) is 6.42 Å². The molecule has 1 aromatic rings. The Morgan fingerprint density at radius 3 is 2.75 bits per heavy atom. The van der Waals surface area contributed by atoms with Crippen molar-refractivity contribution in [2.45, 2.75) is 45.6 Å². The fourth-order valence-corrected chi connectivity index (χ4v) is 3.48. The van der Waals surface area contributed by atoms with E-state index in [1.54, 1.807) is 0 Å². The van der Waals surface area contributed by atoms with Gasteiger partial charge in [-0.3, -0.25) is 9.59 Å². The van der Waals surface area contributed by atoms with Gasteiger partial charge in [0.05, 0.1) is 12.5 Å². The molecule has 0 aromatic heterocycles. The van der Waals surface area contributed by atoms with Crippen LogP contribution < -0.4 is 5.32 Å². The van der Waals surface area contributed by atoms with Crippen LogP contribution in [-0.4, -0.2) is 42.5 Å². The molecule has 2 atom stereocenters. The number of hydrogen-bond donors (Lipinski definition) is 1. The average molecular weight is 330 g/mol. The fourth-order valence-electron chi connectivity index (χ4n) is 3.48. The number of rotatable bonds is 3. The van der Waals surface area contributed by atoms with E-state index in [1.807, 2.05) is 30.0 Å². The summed E-state index contributed by atoms with van der Waals surface area (Å²) in [6, 6.07) is 5.83. The van der Waals surface area contributed by atoms with Gasteiger partial charge in [0, 0.05) is 30.4 Å². The van der Waals surface area contributed by atoms with E-state index in [4.69, 9.17) is 4.74 Å². The maximum Gasteiger partial charge on any atom is 0.254 e. The van der Waals surface area contributed by atoms with Crippen LogP contribution in [-0.2, 0) is 9.53 Å². The van der Waals surface area contributed by atoms with Crippen molar-refractivity contribution in [1.29, 1.82) is 0 Å². The highest BCUT2D eigenvalue weighted by Crippen LogP contribution is 2.23. The number of piperidine rings is 1. The predicted octanol–water partition coefficient (Wildman–Crippen LogP) is 2.98. The number of nitrogens with one attached hydrogen (secondary N) is 1. The van der Waals surface area contributed by atoms with Crippen molar-refractivity contribution in [3.63, 3.8) is 0 Å². The molecular weight excluding hydrogens is 304 g/mol. The normalized spacial score (nSPS) is 24.0. The topological polar surface area (TPSA) is 58.6 Å². The number of aryl methyl sites for hydroxylation is 1. The number of nitrogens with zero attached hydrogens (tertiary/aromatic N) is 1. The molecule has 0 spiro atoms. The molecule has 1 aromatic carbocycles. The minimum atomic E-state index is -0.0695. The highest BCUT2D eigenvalue weighted by Gasteiger charge is 2.26. The average Bonchev–Trinajstić information content (AvgIpc) is 3.11. The third-order valence-electron chi connectivity index (χ3n) is 5.10. The number of amides is 2. The molecule has 0 saturated carbocycles. The molecule has 2 unspecified atom stereocenters. The summed E-state index contributed by atoms with van der Waals surface area (Å²) in [5.74, 6) is 0.0200. The van der Waals surface area contributed by atoms with Crippen LogP contribution >= 0.6 is 0 Å². The lowest BCUT2D eigenvalue weighted by atomic mass is 10.0. The van der Waals surface area contributed by atoms with Gasteiger partial charge in [-0.25, -0.2) is 0 Å². The lowest BCUT2D eigenvalue weighted by Gasteiger charge is -2.33. The van der Waals surface area contributed by atoms with Crippen molar-refractivity contribution in [1.82, 2.24) is 4.90 Å². The Bertz CT molecular complexity index is 623. The van der Waals surface area contributed by atoms with E-state index in [9.17, 15) is 9.59 Å². The molecule has 5 nitrogen and oxygen atoms in total. The van der Waals surface area contributed by atoms with Gasteiger partial charge in [0.25, 0.3) is 5.91 Å². The largest absolute Gasteiger partial charge is 0.381 e. The zero-order valence-electron chi connectivity index (χ0n) is 14.5. The molecule has 0 radical (unpaired) electrons. The first-order chi connectivity index (χ1) is 11.6. The van der Waals surface area contributed by atoms with Gasteiger partial charge >= 0.3 is 0 Å². The summed E-state index contributed by atoms with van der Waals surface area (Å²) in [6.07, 6.45) is 4.11. The van der Waals surface area contributed by atoms with Gasteiger partial charge in [0.15, 0.2) is 0 Å². The molecule has 3 rings (SSSR count). The Morgan fingerprint density at radius 1 is 1.25 bits per heavy atom. The number of hydrogen-bond acceptors (Lipinski definition) is 3. The monoisotopic (exact) mass is 330 g/mol. The minimum absolute atomic E-state index is 0.000621. The van der Waals surface area contributed by atoms with Gasteiger partial charge in [-0.05, 0) is 63.3 Å². The van der Waals surface area contributed by atoms with Crippen LogP contribution in [0.25, 0.3) is 0 Å². The number of carbonyl (C=O) groups excluding carboxylic acids is 2. The van der Waals surface area contributed by atoms with Crippen LogP contribution in [0.3, 0.4) is 0 Å². The molecule has 5 heteroatoms. The summed E-state index contributed by atoms with van der Waals surface area (Å²) in [7, 11) is 0. The molecule has 0 aliphatic carbocycles. The van der Waals surface area contributed by atoms with Gasteiger partial charge in [0.2, 0.25) is 5.91 Å². The zero-order valence-corrected chi connectivity index (χ0v) is 14.5. The summed E-state index contributed by atoms with van der Waals surface area (Å²) in [5.41, 5.74) is 2.39. The quantitative estimate of drug-likeness (QED) is 0.927. The number of likely N-dealkylation sites (tertiary alicyclic amines) is 1. The lowest BCUT2D eigenvalue weighted by molar-refractivity contribution is -0.119. The van der Waals surface area contributed by atoms with Crippen molar-refractivity contribution in [2.75, 3.05) is 25.1 Å². The first-order valence-electron chi connectivity index (χ1n) is 8.86. The standard InChI is InChI=1S/C19H26N2O3/c1-13-11-15(19(23)21-9-4-3-5-14(21)2)6-7-17(13)20-18(22)16-8-10-24-12-16/h6-7,11,14,16H,3-5,8-10,12H2,1-2H3,(H,20,22). The van der Waals surface area contributed by atoms with Crippen molar-refractivity contribution in [3.8, 4) is 0 Å². The van der Waals surface area contributed by atoms with Crippen LogP contribution in [0, 0.1) is 12.8 Å². The van der Waals surface area contributed by atoms with Crippen molar-refractivity contribution < 1.29 is 14.3 Å². The maximum atomic E-state index is 12.7. The third kappa shape index (κ3) is 3.61. The summed E-state index contributed by atoms with van der Waals surface area (Å²) in [6.45, 7) is 6.02. The number of ether oxygens (including phenoxy) is 1. The molecule has 2 fully saturated rings. The zero-order chi connectivity index (χ0) is 17.1. The Hall–Kier alpha value is -1.88. The van der Waals surface area contributed by atoms with Crippen molar-refractivity contribution in [3.05, 3.63) is 29.3 Å². The molecule has 2 heterocycles. The van der Waals surface area contributed by atoms with Crippen molar-refractivity contribution >= 4 is 17.5 Å². The first kappa shape index (κ1) is 17.0. The molecule has 24 heavy (non-hydrogen) atoms. The summed E-state index contributed by atoms with van der Waals surface area (Å²) in [4.78, 5) is 26.9. The molecular formula is C19H26N2O3. The van der Waals surface area contributed by atoms with Crippen LogP contribution in [0.5, 0.6) is 0 Å². The van der Waals surface area contributed by atoms with Crippen molar-refractivity contribution in [2.24, 2.45) is 5.92 Å². The second kappa shape index (κ2) is 7.34. The van der Waals surface area contributed by atoms with Crippen LogP contribution in [0.1, 0.15) is 48.5 Å². The van der Waals surface area contributed by atoms with Crippen LogP contribution in [0.4, 0.5) is 5.69 Å². The second-order valence-electron chi connectivity index (χ2n) is 6.92. The minimum Gasteiger partial charge on any atom is -0.381 e. The molecule has 1 N–H and O–H groups in total. The maximum absolute atomic E-state index is 12.7. The highest BCUT2D eigenvalue weighted by molar-refractivity contribution is 5.97. The van der Waals surface area contributed by atoms with E-state index in [2.05, 4.69) is 12.2 Å². The lowest BCUT2D eigenvalue weighted by Crippen LogP contribution is -2.42. The molecule has 0 bridgehead atoms. The molecule has 2 aliphatic rings. The van der Waals surface area contributed by atoms with Crippen LogP contribution in [0.2, 0.25) is 0 Å². The third-order valence-corrected chi connectivity index (χ3v) is 5.10. The number of carbonyl (C=O) groups is 2. The van der Waals surface area contributed by atoms with E-state index in [-0.39, 0.29) is 17.7 Å². The fraction of sp³-hybridized carbons (Fsp3) is 0.579. The summed E-state index contributed by atoms with van der Waals surface area (Å²) in [5, 5.41) is 2.96.